The van der Waals surface area contributed by atoms with Gasteiger partial charge in [0.1, 0.15) is 11.3 Å². The van der Waals surface area contributed by atoms with Crippen molar-refractivity contribution >= 4 is 28.6 Å². The fourth-order valence-corrected chi connectivity index (χ4v) is 2.68. The standard InChI is InChI=1S/C19H21N3O4/c1-11-5-15-14(10-25-16(15)6-12(11)2)8-19(24)22(4)9-18(23)20-17-7-13(3)26-21-17/h5-7,10H,8-9H2,1-4H3,(H,20,21,23). The summed E-state index contributed by atoms with van der Waals surface area (Å²) in [4.78, 5) is 25.9. The summed E-state index contributed by atoms with van der Waals surface area (Å²) in [6, 6.07) is 5.60. The van der Waals surface area contributed by atoms with Crippen LogP contribution < -0.4 is 5.32 Å². The van der Waals surface area contributed by atoms with Crippen LogP contribution in [0.3, 0.4) is 0 Å². The zero-order chi connectivity index (χ0) is 18.8. The van der Waals surface area contributed by atoms with Gasteiger partial charge in [-0.05, 0) is 44.0 Å². The lowest BCUT2D eigenvalue weighted by atomic mass is 10.0. The molecule has 0 aliphatic rings. The molecular formula is C19H21N3O4. The summed E-state index contributed by atoms with van der Waals surface area (Å²) in [6.07, 6.45) is 1.77. The van der Waals surface area contributed by atoms with Crippen LogP contribution >= 0.6 is 0 Å². The molecule has 0 saturated carbocycles. The van der Waals surface area contributed by atoms with Gasteiger partial charge in [-0.15, -0.1) is 0 Å². The molecule has 0 bridgehead atoms. The molecule has 3 rings (SSSR count). The lowest BCUT2D eigenvalue weighted by Crippen LogP contribution is -2.35. The predicted octanol–water partition coefficient (Wildman–Crippen LogP) is 2.99. The predicted molar refractivity (Wildman–Crippen MR) is 96.9 cm³/mol. The Bertz CT molecular complexity index is 970. The van der Waals surface area contributed by atoms with Gasteiger partial charge in [0.2, 0.25) is 11.8 Å². The van der Waals surface area contributed by atoms with Gasteiger partial charge in [-0.1, -0.05) is 5.16 Å². The molecule has 2 amide bonds. The molecule has 0 aliphatic carbocycles. The highest BCUT2D eigenvalue weighted by Crippen LogP contribution is 2.25. The molecule has 1 N–H and O–H groups in total. The number of carbonyl (C=O) groups is 2. The monoisotopic (exact) mass is 355 g/mol. The number of hydrogen-bond donors (Lipinski definition) is 1. The Labute approximate surface area is 150 Å². The molecule has 0 aliphatic heterocycles. The van der Waals surface area contributed by atoms with Crippen molar-refractivity contribution in [2.24, 2.45) is 0 Å². The molecule has 7 nitrogen and oxygen atoms in total. The zero-order valence-electron chi connectivity index (χ0n) is 15.3. The van der Waals surface area contributed by atoms with Crippen LogP contribution in [0.2, 0.25) is 0 Å². The number of furan rings is 1. The average molecular weight is 355 g/mol. The van der Waals surface area contributed by atoms with Gasteiger partial charge >= 0.3 is 0 Å². The molecule has 136 valence electrons. The van der Waals surface area contributed by atoms with E-state index < -0.39 is 0 Å². The van der Waals surface area contributed by atoms with Crippen LogP contribution in [0.4, 0.5) is 5.82 Å². The van der Waals surface area contributed by atoms with Crippen molar-refractivity contribution < 1.29 is 18.5 Å². The summed E-state index contributed by atoms with van der Waals surface area (Å²) in [5, 5.41) is 7.22. The minimum Gasteiger partial charge on any atom is -0.464 e. The molecule has 0 radical (unpaired) electrons. The largest absolute Gasteiger partial charge is 0.464 e. The third-order valence-corrected chi connectivity index (χ3v) is 4.31. The number of likely N-dealkylation sites (N-methyl/N-ethyl adjacent to an activating group) is 1. The Balaban J connectivity index is 1.64. The van der Waals surface area contributed by atoms with Crippen LogP contribution in [-0.2, 0) is 16.0 Å². The van der Waals surface area contributed by atoms with Gasteiger partial charge < -0.3 is 19.2 Å². The van der Waals surface area contributed by atoms with Crippen molar-refractivity contribution in [2.75, 3.05) is 18.9 Å². The number of rotatable bonds is 5. The van der Waals surface area contributed by atoms with Crippen LogP contribution in [0.15, 0.2) is 33.4 Å². The lowest BCUT2D eigenvalue weighted by molar-refractivity contribution is -0.132. The Morgan fingerprint density at radius 1 is 1.15 bits per heavy atom. The van der Waals surface area contributed by atoms with Gasteiger partial charge in [0.05, 0.1) is 19.2 Å². The minimum absolute atomic E-state index is 0.0708. The lowest BCUT2D eigenvalue weighted by Gasteiger charge is -2.16. The minimum atomic E-state index is -0.335. The second-order valence-corrected chi connectivity index (χ2v) is 6.49. The van der Waals surface area contributed by atoms with E-state index in [1.165, 1.54) is 4.90 Å². The number of benzene rings is 1. The summed E-state index contributed by atoms with van der Waals surface area (Å²) >= 11 is 0. The number of fused-ring (bicyclic) bond motifs is 1. The van der Waals surface area contributed by atoms with E-state index in [9.17, 15) is 9.59 Å². The molecule has 0 unspecified atom stereocenters. The first-order chi connectivity index (χ1) is 12.3. The SMILES string of the molecule is Cc1cc(NC(=O)CN(C)C(=O)Cc2coc3cc(C)c(C)cc23)no1. The highest BCUT2D eigenvalue weighted by Gasteiger charge is 2.17. The number of nitrogens with zero attached hydrogens (tertiary/aromatic N) is 2. The van der Waals surface area contributed by atoms with Gasteiger partial charge in [-0.25, -0.2) is 0 Å². The van der Waals surface area contributed by atoms with Crippen molar-refractivity contribution in [3.8, 4) is 0 Å². The van der Waals surface area contributed by atoms with Crippen molar-refractivity contribution in [2.45, 2.75) is 27.2 Å². The van der Waals surface area contributed by atoms with Crippen LogP contribution in [0.25, 0.3) is 11.0 Å². The molecule has 2 aromatic heterocycles. The van der Waals surface area contributed by atoms with E-state index in [0.29, 0.717) is 11.6 Å². The first-order valence-electron chi connectivity index (χ1n) is 8.28. The smallest absolute Gasteiger partial charge is 0.245 e. The first kappa shape index (κ1) is 17.7. The molecule has 3 aromatic rings. The first-order valence-corrected chi connectivity index (χ1v) is 8.28. The van der Waals surface area contributed by atoms with Gasteiger partial charge in [0.25, 0.3) is 0 Å². The molecule has 1 aromatic carbocycles. The van der Waals surface area contributed by atoms with Crippen molar-refractivity contribution in [1.82, 2.24) is 10.1 Å². The number of aryl methyl sites for hydroxylation is 3. The quantitative estimate of drug-likeness (QED) is 0.760. The molecule has 26 heavy (non-hydrogen) atoms. The van der Waals surface area contributed by atoms with E-state index in [2.05, 4.69) is 10.5 Å². The summed E-state index contributed by atoms with van der Waals surface area (Å²) in [5.74, 6) is 0.428. The number of aromatic nitrogens is 1. The van der Waals surface area contributed by atoms with Gasteiger partial charge in [-0.3, -0.25) is 9.59 Å². The third kappa shape index (κ3) is 3.77. The van der Waals surface area contributed by atoms with Gasteiger partial charge in [-0.2, -0.15) is 0 Å². The Morgan fingerprint density at radius 3 is 2.58 bits per heavy atom. The van der Waals surface area contributed by atoms with E-state index >= 15 is 0 Å². The number of carbonyl (C=O) groups excluding carboxylic acids is 2. The number of anilines is 1. The molecule has 0 fully saturated rings. The third-order valence-electron chi connectivity index (χ3n) is 4.31. The van der Waals surface area contributed by atoms with Crippen molar-refractivity contribution in [3.63, 3.8) is 0 Å². The maximum Gasteiger partial charge on any atom is 0.245 e. The second kappa shape index (κ2) is 7.03. The van der Waals surface area contributed by atoms with Crippen LogP contribution in [-0.4, -0.2) is 35.5 Å². The van der Waals surface area contributed by atoms with Crippen molar-refractivity contribution in [3.05, 3.63) is 46.9 Å². The Morgan fingerprint density at radius 2 is 1.88 bits per heavy atom. The van der Waals surface area contributed by atoms with E-state index in [1.807, 2.05) is 26.0 Å². The summed E-state index contributed by atoms with van der Waals surface area (Å²) in [7, 11) is 1.59. The Kier molecular flexibility index (Phi) is 4.79. The van der Waals surface area contributed by atoms with E-state index in [0.717, 1.165) is 27.7 Å². The van der Waals surface area contributed by atoms with E-state index in [1.54, 1.807) is 26.3 Å². The van der Waals surface area contributed by atoms with Crippen molar-refractivity contribution in [1.29, 1.82) is 0 Å². The fourth-order valence-electron chi connectivity index (χ4n) is 2.68. The topological polar surface area (TPSA) is 88.6 Å². The highest BCUT2D eigenvalue weighted by molar-refractivity contribution is 5.95. The Hall–Kier alpha value is -3.09. The molecule has 7 heteroatoms. The molecular weight excluding hydrogens is 334 g/mol. The maximum atomic E-state index is 12.5. The fraction of sp³-hybridized carbons (Fsp3) is 0.316. The number of amides is 2. The summed E-state index contributed by atoms with van der Waals surface area (Å²) in [5.41, 5.74) is 3.86. The molecule has 0 spiro atoms. The number of nitrogens with one attached hydrogen (secondary N) is 1. The van der Waals surface area contributed by atoms with Crippen LogP contribution in [0.1, 0.15) is 22.5 Å². The zero-order valence-corrected chi connectivity index (χ0v) is 15.3. The molecule has 2 heterocycles. The molecule has 0 saturated heterocycles. The van der Waals surface area contributed by atoms with Crippen LogP contribution in [0.5, 0.6) is 0 Å². The normalized spacial score (nSPS) is 10.9. The van der Waals surface area contributed by atoms with Gasteiger partial charge in [0, 0.05) is 24.1 Å². The number of hydrogen-bond acceptors (Lipinski definition) is 5. The maximum absolute atomic E-state index is 12.5. The highest BCUT2D eigenvalue weighted by atomic mass is 16.5. The van der Waals surface area contributed by atoms with E-state index in [4.69, 9.17) is 8.94 Å². The van der Waals surface area contributed by atoms with Crippen LogP contribution in [0, 0.1) is 20.8 Å². The average Bonchev–Trinajstić information content (AvgIpc) is 3.14. The van der Waals surface area contributed by atoms with Gasteiger partial charge in [0.15, 0.2) is 5.82 Å². The second-order valence-electron chi connectivity index (χ2n) is 6.49. The molecule has 0 atom stereocenters. The summed E-state index contributed by atoms with van der Waals surface area (Å²) in [6.45, 7) is 5.70. The summed E-state index contributed by atoms with van der Waals surface area (Å²) < 4.78 is 10.5. The van der Waals surface area contributed by atoms with E-state index in [-0.39, 0.29) is 24.8 Å².